The molecule has 0 aliphatic heterocycles. The lowest BCUT2D eigenvalue weighted by atomic mass is 10.2. The Labute approximate surface area is 123 Å². The van der Waals surface area contributed by atoms with E-state index in [1.165, 1.54) is 38.4 Å². The zero-order valence-electron chi connectivity index (χ0n) is 11.7. The van der Waals surface area contributed by atoms with Crippen LogP contribution in [0, 0.1) is 5.82 Å². The van der Waals surface area contributed by atoms with E-state index in [0.717, 1.165) is 4.31 Å². The van der Waals surface area contributed by atoms with Gasteiger partial charge in [-0.05, 0) is 36.4 Å². The minimum Gasteiger partial charge on any atom is -0.397 e. The number of halogens is 1. The molecule has 2 rings (SSSR count). The van der Waals surface area contributed by atoms with Gasteiger partial charge in [-0.2, -0.15) is 0 Å². The number of sulfonamides is 1. The standard InChI is InChI=1S/C14H16FN3O2S/c1-18(2)21(19,20)12-6-7-14(13(16)9-12)17-11-5-3-4-10(15)8-11/h3-9,17H,16H2,1-2H3. The molecule has 0 atom stereocenters. The highest BCUT2D eigenvalue weighted by Gasteiger charge is 2.18. The first-order valence-corrected chi connectivity index (χ1v) is 7.59. The molecule has 112 valence electrons. The van der Waals surface area contributed by atoms with E-state index in [1.807, 2.05) is 0 Å². The summed E-state index contributed by atoms with van der Waals surface area (Å²) in [4.78, 5) is 0.106. The normalized spacial score (nSPS) is 11.6. The number of hydrogen-bond donors (Lipinski definition) is 2. The summed E-state index contributed by atoms with van der Waals surface area (Å²) in [6.07, 6.45) is 0. The first-order chi connectivity index (χ1) is 9.80. The van der Waals surface area contributed by atoms with E-state index < -0.39 is 10.0 Å². The van der Waals surface area contributed by atoms with E-state index in [0.29, 0.717) is 11.4 Å². The van der Waals surface area contributed by atoms with Crippen LogP contribution in [0.25, 0.3) is 0 Å². The van der Waals surface area contributed by atoms with Crippen molar-refractivity contribution in [3.63, 3.8) is 0 Å². The highest BCUT2D eigenvalue weighted by molar-refractivity contribution is 7.89. The molecule has 2 aromatic carbocycles. The molecule has 0 bridgehead atoms. The van der Waals surface area contributed by atoms with Crippen LogP contribution in [0.5, 0.6) is 0 Å². The molecule has 0 heterocycles. The van der Waals surface area contributed by atoms with Crippen molar-refractivity contribution in [2.45, 2.75) is 4.90 Å². The lowest BCUT2D eigenvalue weighted by Gasteiger charge is -2.14. The van der Waals surface area contributed by atoms with Gasteiger partial charge in [0.1, 0.15) is 5.82 Å². The van der Waals surface area contributed by atoms with E-state index in [4.69, 9.17) is 5.73 Å². The second-order valence-corrected chi connectivity index (χ2v) is 6.82. The summed E-state index contributed by atoms with van der Waals surface area (Å²) in [6, 6.07) is 10.3. The van der Waals surface area contributed by atoms with E-state index >= 15 is 0 Å². The molecule has 0 aliphatic carbocycles. The predicted molar refractivity (Wildman–Crippen MR) is 81.4 cm³/mol. The highest BCUT2D eigenvalue weighted by Crippen LogP contribution is 2.27. The van der Waals surface area contributed by atoms with Crippen LogP contribution in [0.4, 0.5) is 21.5 Å². The number of nitrogens with one attached hydrogen (secondary N) is 1. The molecule has 0 saturated heterocycles. The van der Waals surface area contributed by atoms with Gasteiger partial charge in [-0.25, -0.2) is 17.1 Å². The summed E-state index contributed by atoms with van der Waals surface area (Å²) >= 11 is 0. The van der Waals surface area contributed by atoms with Gasteiger partial charge in [0.05, 0.1) is 16.3 Å². The van der Waals surface area contributed by atoms with Crippen molar-refractivity contribution in [1.82, 2.24) is 4.31 Å². The SMILES string of the molecule is CN(C)S(=O)(=O)c1ccc(Nc2cccc(F)c2)c(N)c1. The van der Waals surface area contributed by atoms with Gasteiger partial charge in [0.2, 0.25) is 10.0 Å². The molecule has 5 nitrogen and oxygen atoms in total. The van der Waals surface area contributed by atoms with E-state index in [2.05, 4.69) is 5.32 Å². The Morgan fingerprint density at radius 2 is 1.86 bits per heavy atom. The lowest BCUT2D eigenvalue weighted by molar-refractivity contribution is 0.521. The van der Waals surface area contributed by atoms with Crippen molar-refractivity contribution in [2.75, 3.05) is 25.1 Å². The predicted octanol–water partition coefficient (Wildman–Crippen LogP) is 2.40. The third-order valence-corrected chi connectivity index (χ3v) is 4.72. The van der Waals surface area contributed by atoms with Gasteiger partial charge >= 0.3 is 0 Å². The summed E-state index contributed by atoms with van der Waals surface area (Å²) in [5, 5.41) is 2.95. The minimum absolute atomic E-state index is 0.106. The molecule has 0 aliphatic rings. The summed E-state index contributed by atoms with van der Waals surface area (Å²) in [5.74, 6) is -0.370. The number of rotatable bonds is 4. The zero-order valence-corrected chi connectivity index (χ0v) is 12.5. The number of hydrogen-bond acceptors (Lipinski definition) is 4. The van der Waals surface area contributed by atoms with Crippen LogP contribution in [-0.4, -0.2) is 26.8 Å². The van der Waals surface area contributed by atoms with Gasteiger partial charge in [-0.15, -0.1) is 0 Å². The van der Waals surface area contributed by atoms with Crippen molar-refractivity contribution in [1.29, 1.82) is 0 Å². The molecule has 3 N–H and O–H groups in total. The van der Waals surface area contributed by atoms with E-state index in [-0.39, 0.29) is 16.4 Å². The number of nitrogen functional groups attached to an aromatic ring is 1. The van der Waals surface area contributed by atoms with Crippen LogP contribution in [-0.2, 0) is 10.0 Å². The molecule has 0 aromatic heterocycles. The van der Waals surface area contributed by atoms with Crippen LogP contribution < -0.4 is 11.1 Å². The summed E-state index contributed by atoms with van der Waals surface area (Å²) in [7, 11) is -0.632. The molecule has 21 heavy (non-hydrogen) atoms. The van der Waals surface area contributed by atoms with Crippen molar-refractivity contribution in [3.8, 4) is 0 Å². The van der Waals surface area contributed by atoms with Crippen LogP contribution in [0.1, 0.15) is 0 Å². The molecule has 0 fully saturated rings. The third kappa shape index (κ3) is 3.32. The number of nitrogens with two attached hydrogens (primary N) is 1. The minimum atomic E-state index is -3.53. The van der Waals surface area contributed by atoms with Gasteiger partial charge in [0.15, 0.2) is 0 Å². The Bertz CT molecular complexity index is 761. The molecule has 0 radical (unpaired) electrons. The summed E-state index contributed by atoms with van der Waals surface area (Å²) in [5.41, 5.74) is 7.18. The second-order valence-electron chi connectivity index (χ2n) is 4.67. The summed E-state index contributed by atoms with van der Waals surface area (Å²) < 4.78 is 38.2. The fourth-order valence-electron chi connectivity index (χ4n) is 1.75. The largest absolute Gasteiger partial charge is 0.397 e. The van der Waals surface area contributed by atoms with Gasteiger partial charge in [-0.3, -0.25) is 0 Å². The van der Waals surface area contributed by atoms with Gasteiger partial charge in [-0.1, -0.05) is 6.07 Å². The van der Waals surface area contributed by atoms with Crippen molar-refractivity contribution >= 4 is 27.1 Å². The smallest absolute Gasteiger partial charge is 0.242 e. The van der Waals surface area contributed by atoms with Crippen molar-refractivity contribution in [3.05, 3.63) is 48.3 Å². The monoisotopic (exact) mass is 309 g/mol. The second kappa shape index (κ2) is 5.71. The number of anilines is 3. The number of nitrogens with zero attached hydrogens (tertiary/aromatic N) is 1. The van der Waals surface area contributed by atoms with Crippen LogP contribution in [0.3, 0.4) is 0 Å². The molecule has 7 heteroatoms. The van der Waals surface area contributed by atoms with Crippen LogP contribution in [0.2, 0.25) is 0 Å². The molecule has 0 spiro atoms. The molecule has 2 aromatic rings. The van der Waals surface area contributed by atoms with E-state index in [9.17, 15) is 12.8 Å². The molecular formula is C14H16FN3O2S. The molecule has 0 amide bonds. The lowest BCUT2D eigenvalue weighted by Crippen LogP contribution is -2.22. The maximum Gasteiger partial charge on any atom is 0.242 e. The van der Waals surface area contributed by atoms with Crippen LogP contribution in [0.15, 0.2) is 47.4 Å². The van der Waals surface area contributed by atoms with Gasteiger partial charge < -0.3 is 11.1 Å². The fourth-order valence-corrected chi connectivity index (χ4v) is 2.69. The molecule has 0 saturated carbocycles. The average Bonchev–Trinajstić information content (AvgIpc) is 2.41. The Kier molecular flexibility index (Phi) is 4.15. The highest BCUT2D eigenvalue weighted by atomic mass is 32.2. The van der Waals surface area contributed by atoms with E-state index in [1.54, 1.807) is 18.2 Å². The molecule has 0 unspecified atom stereocenters. The topological polar surface area (TPSA) is 75.4 Å². The average molecular weight is 309 g/mol. The van der Waals surface area contributed by atoms with Crippen molar-refractivity contribution < 1.29 is 12.8 Å². The van der Waals surface area contributed by atoms with Gasteiger partial charge in [0, 0.05) is 19.8 Å². The Balaban J connectivity index is 2.32. The third-order valence-electron chi connectivity index (χ3n) is 2.91. The molecular weight excluding hydrogens is 293 g/mol. The Morgan fingerprint density at radius 1 is 1.14 bits per heavy atom. The first kappa shape index (κ1) is 15.3. The quantitative estimate of drug-likeness (QED) is 0.850. The Morgan fingerprint density at radius 3 is 2.43 bits per heavy atom. The fraction of sp³-hybridized carbons (Fsp3) is 0.143. The van der Waals surface area contributed by atoms with Gasteiger partial charge in [0.25, 0.3) is 0 Å². The van der Waals surface area contributed by atoms with Crippen LogP contribution >= 0.6 is 0 Å². The van der Waals surface area contributed by atoms with Crippen molar-refractivity contribution in [2.24, 2.45) is 0 Å². The first-order valence-electron chi connectivity index (χ1n) is 6.15. The zero-order chi connectivity index (χ0) is 15.6. The maximum atomic E-state index is 13.1. The summed E-state index contributed by atoms with van der Waals surface area (Å²) in [6.45, 7) is 0. The Hall–Kier alpha value is -2.12. The maximum absolute atomic E-state index is 13.1. The number of benzene rings is 2.